The first-order valence-electron chi connectivity index (χ1n) is 6.38. The van der Waals surface area contributed by atoms with Crippen molar-refractivity contribution >= 4 is 11.9 Å². The maximum atomic E-state index is 11.6. The second kappa shape index (κ2) is 7.00. The van der Waals surface area contributed by atoms with Crippen LogP contribution in [-0.4, -0.2) is 27.1 Å². The lowest BCUT2D eigenvalue weighted by molar-refractivity contribution is -0.116. The highest BCUT2D eigenvalue weighted by atomic mass is 16.1. The van der Waals surface area contributed by atoms with Crippen molar-refractivity contribution in [3.63, 3.8) is 0 Å². The molecule has 1 aromatic rings. The minimum absolute atomic E-state index is 0.126. The minimum atomic E-state index is -0.169. The lowest BCUT2D eigenvalue weighted by Gasteiger charge is -2.09. The van der Waals surface area contributed by atoms with Crippen LogP contribution in [0.2, 0.25) is 0 Å². The van der Waals surface area contributed by atoms with Crippen molar-refractivity contribution in [1.29, 1.82) is 0 Å². The van der Waals surface area contributed by atoms with Crippen LogP contribution < -0.4 is 11.1 Å². The molecule has 1 heterocycles. The Morgan fingerprint density at radius 3 is 2.44 bits per heavy atom. The van der Waals surface area contributed by atoms with E-state index in [-0.39, 0.29) is 24.3 Å². The van der Waals surface area contributed by atoms with Crippen LogP contribution in [0.15, 0.2) is 0 Å². The Hall–Kier alpha value is -1.56. The number of nitrogens with zero attached hydrogens (tertiary/aromatic N) is 3. The van der Waals surface area contributed by atoms with Gasteiger partial charge >= 0.3 is 0 Å². The standard InChI is InChI=1S/C12H21N5O/c1-4-8(13)7-11(18)15-12-14-9(5-2)10(6-3)16-17-12/h8H,4-7,13H2,1-3H3,(H,14,15,17,18). The van der Waals surface area contributed by atoms with Crippen molar-refractivity contribution in [2.75, 3.05) is 5.32 Å². The van der Waals surface area contributed by atoms with Gasteiger partial charge in [-0.3, -0.25) is 10.1 Å². The highest BCUT2D eigenvalue weighted by molar-refractivity contribution is 5.89. The summed E-state index contributed by atoms with van der Waals surface area (Å²) in [5.74, 6) is 0.0924. The van der Waals surface area contributed by atoms with Crippen molar-refractivity contribution < 1.29 is 4.79 Å². The number of carbonyl (C=O) groups excluding carboxylic acids is 1. The monoisotopic (exact) mass is 251 g/mol. The summed E-state index contributed by atoms with van der Waals surface area (Å²) >= 11 is 0. The molecule has 3 N–H and O–H groups in total. The van der Waals surface area contributed by atoms with Gasteiger partial charge in [0, 0.05) is 12.5 Å². The lowest BCUT2D eigenvalue weighted by Crippen LogP contribution is -2.27. The minimum Gasteiger partial charge on any atom is -0.327 e. The van der Waals surface area contributed by atoms with E-state index in [4.69, 9.17) is 5.73 Å². The lowest BCUT2D eigenvalue weighted by atomic mass is 10.1. The van der Waals surface area contributed by atoms with Crippen LogP contribution in [0, 0.1) is 0 Å². The van der Waals surface area contributed by atoms with Crippen molar-refractivity contribution in [3.8, 4) is 0 Å². The predicted molar refractivity (Wildman–Crippen MR) is 70.1 cm³/mol. The molecule has 1 unspecified atom stereocenters. The second-order valence-corrected chi connectivity index (χ2v) is 4.16. The molecule has 1 rings (SSSR count). The van der Waals surface area contributed by atoms with Gasteiger partial charge in [-0.2, -0.15) is 0 Å². The van der Waals surface area contributed by atoms with E-state index >= 15 is 0 Å². The Bertz CT molecular complexity index is 407. The van der Waals surface area contributed by atoms with E-state index in [2.05, 4.69) is 20.5 Å². The third kappa shape index (κ3) is 4.03. The predicted octanol–water partition coefficient (Wildman–Crippen LogP) is 1.06. The fourth-order valence-electron chi connectivity index (χ4n) is 1.55. The quantitative estimate of drug-likeness (QED) is 0.788. The molecule has 0 radical (unpaired) electrons. The maximum Gasteiger partial charge on any atom is 0.249 e. The van der Waals surface area contributed by atoms with Crippen molar-refractivity contribution in [2.45, 2.75) is 52.5 Å². The van der Waals surface area contributed by atoms with Crippen molar-refractivity contribution in [3.05, 3.63) is 11.4 Å². The van der Waals surface area contributed by atoms with Crippen molar-refractivity contribution in [1.82, 2.24) is 15.2 Å². The molecule has 1 atom stereocenters. The van der Waals surface area contributed by atoms with E-state index in [9.17, 15) is 4.79 Å². The summed E-state index contributed by atoms with van der Waals surface area (Å²) < 4.78 is 0. The zero-order valence-electron chi connectivity index (χ0n) is 11.2. The zero-order valence-corrected chi connectivity index (χ0v) is 11.2. The summed E-state index contributed by atoms with van der Waals surface area (Å²) in [7, 11) is 0. The summed E-state index contributed by atoms with van der Waals surface area (Å²) in [6.45, 7) is 5.95. The van der Waals surface area contributed by atoms with Crippen LogP contribution in [0.1, 0.15) is 45.0 Å². The van der Waals surface area contributed by atoms with Gasteiger partial charge < -0.3 is 5.73 Å². The molecule has 0 saturated heterocycles. The van der Waals surface area contributed by atoms with Crippen LogP contribution in [0.25, 0.3) is 0 Å². The first-order valence-corrected chi connectivity index (χ1v) is 6.38. The number of nitrogens with one attached hydrogen (secondary N) is 1. The number of rotatable bonds is 6. The zero-order chi connectivity index (χ0) is 13.5. The Morgan fingerprint density at radius 2 is 1.89 bits per heavy atom. The van der Waals surface area contributed by atoms with E-state index in [0.29, 0.717) is 0 Å². The number of hydrogen-bond acceptors (Lipinski definition) is 5. The number of anilines is 1. The molecular formula is C12H21N5O. The molecule has 0 saturated carbocycles. The van der Waals surface area contributed by atoms with Crippen LogP contribution in [-0.2, 0) is 17.6 Å². The molecular weight excluding hydrogens is 230 g/mol. The Morgan fingerprint density at radius 1 is 1.22 bits per heavy atom. The second-order valence-electron chi connectivity index (χ2n) is 4.16. The smallest absolute Gasteiger partial charge is 0.249 e. The van der Waals surface area contributed by atoms with Gasteiger partial charge in [0.1, 0.15) is 0 Å². The number of amides is 1. The molecule has 0 aliphatic rings. The van der Waals surface area contributed by atoms with Crippen LogP contribution in [0.5, 0.6) is 0 Å². The topological polar surface area (TPSA) is 93.8 Å². The molecule has 1 amide bonds. The average molecular weight is 251 g/mol. The van der Waals surface area contributed by atoms with Gasteiger partial charge in [-0.1, -0.05) is 20.8 Å². The number of hydrogen-bond donors (Lipinski definition) is 2. The fourth-order valence-corrected chi connectivity index (χ4v) is 1.55. The van der Waals surface area contributed by atoms with E-state index < -0.39 is 0 Å². The highest BCUT2D eigenvalue weighted by Gasteiger charge is 2.11. The van der Waals surface area contributed by atoms with Crippen molar-refractivity contribution in [2.24, 2.45) is 5.73 Å². The van der Waals surface area contributed by atoms with Crippen LogP contribution in [0.4, 0.5) is 5.95 Å². The first kappa shape index (κ1) is 14.5. The summed E-state index contributed by atoms with van der Waals surface area (Å²) in [6.07, 6.45) is 2.60. The van der Waals surface area contributed by atoms with Gasteiger partial charge in [-0.25, -0.2) is 4.98 Å². The first-order chi connectivity index (χ1) is 8.60. The van der Waals surface area contributed by atoms with Gasteiger partial charge in [-0.15, -0.1) is 10.2 Å². The molecule has 18 heavy (non-hydrogen) atoms. The fraction of sp³-hybridized carbons (Fsp3) is 0.667. The van der Waals surface area contributed by atoms with Gasteiger partial charge in [0.2, 0.25) is 11.9 Å². The van der Waals surface area contributed by atoms with E-state index in [0.717, 1.165) is 30.7 Å². The highest BCUT2D eigenvalue weighted by Crippen LogP contribution is 2.07. The SMILES string of the molecule is CCc1nnc(NC(=O)CC(N)CC)nc1CC. The van der Waals surface area contributed by atoms with Gasteiger partial charge in [-0.05, 0) is 19.3 Å². The largest absolute Gasteiger partial charge is 0.327 e. The third-order valence-electron chi connectivity index (χ3n) is 2.73. The molecule has 0 aliphatic carbocycles. The third-order valence-corrected chi connectivity index (χ3v) is 2.73. The summed E-state index contributed by atoms with van der Waals surface area (Å²) in [6, 6.07) is -0.126. The van der Waals surface area contributed by atoms with Gasteiger partial charge in [0.05, 0.1) is 11.4 Å². The van der Waals surface area contributed by atoms with Gasteiger partial charge in [0.15, 0.2) is 0 Å². The molecule has 6 nitrogen and oxygen atoms in total. The summed E-state index contributed by atoms with van der Waals surface area (Å²) in [5.41, 5.74) is 7.47. The molecule has 6 heteroatoms. The molecule has 0 aliphatic heterocycles. The van der Waals surface area contributed by atoms with E-state index in [1.54, 1.807) is 0 Å². The molecule has 0 bridgehead atoms. The van der Waals surface area contributed by atoms with E-state index in [1.165, 1.54) is 0 Å². The molecule has 100 valence electrons. The molecule has 0 fully saturated rings. The average Bonchev–Trinajstić information content (AvgIpc) is 2.38. The number of nitrogens with two attached hydrogens (primary N) is 1. The van der Waals surface area contributed by atoms with Crippen LogP contribution in [0.3, 0.4) is 0 Å². The number of aromatic nitrogens is 3. The number of carbonyl (C=O) groups is 1. The molecule has 0 spiro atoms. The van der Waals surface area contributed by atoms with Gasteiger partial charge in [0.25, 0.3) is 0 Å². The summed E-state index contributed by atoms with van der Waals surface area (Å²) in [4.78, 5) is 15.9. The molecule has 1 aromatic heterocycles. The Balaban J connectivity index is 2.70. The van der Waals surface area contributed by atoms with Crippen LogP contribution >= 0.6 is 0 Å². The number of aryl methyl sites for hydroxylation is 2. The maximum absolute atomic E-state index is 11.6. The Kier molecular flexibility index (Phi) is 5.64. The van der Waals surface area contributed by atoms with E-state index in [1.807, 2.05) is 20.8 Å². The Labute approximate surface area is 107 Å². The summed E-state index contributed by atoms with van der Waals surface area (Å²) in [5, 5.41) is 10.6. The normalized spacial score (nSPS) is 12.2. The molecule has 0 aromatic carbocycles.